The fraction of sp³-hybridized carbons (Fsp3) is 0.200. The molecule has 6 nitrogen and oxygen atoms in total. The molecule has 0 aromatic carbocycles. The van der Waals surface area contributed by atoms with Crippen LogP contribution in [0.2, 0.25) is 0 Å². The molecule has 6 heteroatoms. The minimum absolute atomic E-state index is 0.127. The maximum atomic E-state index is 5.54. The zero-order valence-corrected chi connectivity index (χ0v) is 9.01. The van der Waals surface area contributed by atoms with Crippen molar-refractivity contribution in [2.24, 2.45) is 0 Å². The first-order valence-corrected chi connectivity index (χ1v) is 4.67. The van der Waals surface area contributed by atoms with Gasteiger partial charge in [0, 0.05) is 17.5 Å². The lowest BCUT2D eigenvalue weighted by Gasteiger charge is -2.03. The summed E-state index contributed by atoms with van der Waals surface area (Å²) in [6.45, 7) is 1.91. The summed E-state index contributed by atoms with van der Waals surface area (Å²) in [7, 11) is 1.48. The van der Waals surface area contributed by atoms with Crippen LogP contribution in [0.15, 0.2) is 18.3 Å². The molecule has 2 aromatic rings. The number of pyridine rings is 1. The van der Waals surface area contributed by atoms with Crippen molar-refractivity contribution >= 4 is 5.95 Å². The van der Waals surface area contributed by atoms with Crippen LogP contribution in [-0.4, -0.2) is 27.0 Å². The number of aromatic nitrogens is 4. The number of hydrogen-bond acceptors (Lipinski definition) is 6. The average molecular weight is 217 g/mol. The molecule has 16 heavy (non-hydrogen) atoms. The van der Waals surface area contributed by atoms with E-state index in [0.29, 0.717) is 5.82 Å². The van der Waals surface area contributed by atoms with Crippen LogP contribution in [0.5, 0.6) is 6.01 Å². The molecule has 0 spiro atoms. The molecule has 0 bridgehead atoms. The summed E-state index contributed by atoms with van der Waals surface area (Å²) >= 11 is 0. The van der Waals surface area contributed by atoms with Crippen molar-refractivity contribution in [1.82, 2.24) is 19.9 Å². The lowest BCUT2D eigenvalue weighted by atomic mass is 10.2. The van der Waals surface area contributed by atoms with Crippen molar-refractivity contribution in [1.29, 1.82) is 0 Å². The number of rotatable bonds is 2. The Kier molecular flexibility index (Phi) is 2.63. The summed E-state index contributed by atoms with van der Waals surface area (Å²) in [5.74, 6) is 0.583. The molecular weight excluding hydrogens is 206 g/mol. The molecule has 0 radical (unpaired) electrons. The first-order valence-electron chi connectivity index (χ1n) is 4.67. The fourth-order valence-corrected chi connectivity index (χ4v) is 1.19. The molecule has 0 atom stereocenters. The second-order valence-electron chi connectivity index (χ2n) is 3.19. The Morgan fingerprint density at radius 2 is 2.00 bits per heavy atom. The van der Waals surface area contributed by atoms with Crippen LogP contribution in [0.25, 0.3) is 11.4 Å². The van der Waals surface area contributed by atoms with Gasteiger partial charge in [-0.15, -0.1) is 0 Å². The Bertz CT molecular complexity index is 497. The number of nitrogens with two attached hydrogens (primary N) is 1. The number of nitrogen functional groups attached to an aromatic ring is 1. The van der Waals surface area contributed by atoms with Gasteiger partial charge in [0.1, 0.15) is 0 Å². The third kappa shape index (κ3) is 2.05. The number of aryl methyl sites for hydroxylation is 1. The van der Waals surface area contributed by atoms with E-state index in [2.05, 4.69) is 19.9 Å². The zero-order valence-electron chi connectivity index (χ0n) is 9.01. The van der Waals surface area contributed by atoms with Gasteiger partial charge in [-0.05, 0) is 19.1 Å². The van der Waals surface area contributed by atoms with E-state index in [4.69, 9.17) is 10.5 Å². The van der Waals surface area contributed by atoms with Gasteiger partial charge in [0.25, 0.3) is 0 Å². The second kappa shape index (κ2) is 4.09. The lowest BCUT2D eigenvalue weighted by molar-refractivity contribution is 0.379. The lowest BCUT2D eigenvalue weighted by Crippen LogP contribution is -2.02. The van der Waals surface area contributed by atoms with Crippen molar-refractivity contribution in [3.63, 3.8) is 0 Å². The maximum absolute atomic E-state index is 5.54. The smallest absolute Gasteiger partial charge is 0.321 e. The third-order valence-corrected chi connectivity index (χ3v) is 1.98. The molecule has 0 saturated carbocycles. The summed E-state index contributed by atoms with van der Waals surface area (Å²) in [5, 5.41) is 0. The van der Waals surface area contributed by atoms with Crippen LogP contribution in [0.4, 0.5) is 5.95 Å². The van der Waals surface area contributed by atoms with E-state index < -0.39 is 0 Å². The first-order chi connectivity index (χ1) is 7.69. The molecule has 0 amide bonds. The van der Waals surface area contributed by atoms with Crippen LogP contribution in [0.1, 0.15) is 5.69 Å². The highest BCUT2D eigenvalue weighted by Gasteiger charge is 2.06. The van der Waals surface area contributed by atoms with Crippen LogP contribution in [0.3, 0.4) is 0 Å². The summed E-state index contributed by atoms with van der Waals surface area (Å²) < 4.78 is 4.92. The summed E-state index contributed by atoms with van der Waals surface area (Å²) in [6.07, 6.45) is 1.68. The molecule has 0 fully saturated rings. The molecule has 0 unspecified atom stereocenters. The molecule has 82 valence electrons. The molecule has 2 rings (SSSR count). The number of methoxy groups -OCH3 is 1. The predicted octanol–water partition coefficient (Wildman–Crippen LogP) is 0.833. The van der Waals surface area contributed by atoms with E-state index in [1.165, 1.54) is 7.11 Å². The standard InChI is InChI=1S/C10H11N5O/c1-6-3-4-7(5-12-6)8-13-9(11)15-10(14-8)16-2/h3-5H,1-2H3,(H2,11,13,14,15). The van der Waals surface area contributed by atoms with Crippen LogP contribution in [-0.2, 0) is 0 Å². The van der Waals surface area contributed by atoms with E-state index >= 15 is 0 Å². The van der Waals surface area contributed by atoms with Crippen molar-refractivity contribution in [3.8, 4) is 17.4 Å². The summed E-state index contributed by atoms with van der Waals surface area (Å²) in [6, 6.07) is 3.95. The molecule has 0 aliphatic carbocycles. The Hall–Kier alpha value is -2.24. The van der Waals surface area contributed by atoms with Gasteiger partial charge in [-0.3, -0.25) is 4.98 Å². The molecule has 2 N–H and O–H groups in total. The van der Waals surface area contributed by atoms with Crippen molar-refractivity contribution < 1.29 is 4.74 Å². The molecule has 0 saturated heterocycles. The van der Waals surface area contributed by atoms with Crippen molar-refractivity contribution in [2.45, 2.75) is 6.92 Å². The average Bonchev–Trinajstić information content (AvgIpc) is 2.29. The molecular formula is C10H11N5O. The molecule has 0 aliphatic heterocycles. The quantitative estimate of drug-likeness (QED) is 0.801. The topological polar surface area (TPSA) is 86.8 Å². The summed E-state index contributed by atoms with van der Waals surface area (Å²) in [5.41, 5.74) is 7.24. The Labute approximate surface area is 92.6 Å². The number of ether oxygens (including phenoxy) is 1. The van der Waals surface area contributed by atoms with Gasteiger partial charge >= 0.3 is 6.01 Å². The minimum Gasteiger partial charge on any atom is -0.467 e. The van der Waals surface area contributed by atoms with Gasteiger partial charge in [-0.25, -0.2) is 0 Å². The normalized spacial score (nSPS) is 10.1. The maximum Gasteiger partial charge on any atom is 0.321 e. The van der Waals surface area contributed by atoms with E-state index in [-0.39, 0.29) is 12.0 Å². The van der Waals surface area contributed by atoms with Gasteiger partial charge in [0.15, 0.2) is 5.82 Å². The molecule has 2 aromatic heterocycles. The van der Waals surface area contributed by atoms with E-state index in [0.717, 1.165) is 11.3 Å². The third-order valence-electron chi connectivity index (χ3n) is 1.98. The highest BCUT2D eigenvalue weighted by atomic mass is 16.5. The van der Waals surface area contributed by atoms with Crippen LogP contribution in [0, 0.1) is 6.92 Å². The zero-order chi connectivity index (χ0) is 11.5. The van der Waals surface area contributed by atoms with Gasteiger partial charge in [0.2, 0.25) is 5.95 Å². The monoisotopic (exact) mass is 217 g/mol. The van der Waals surface area contributed by atoms with E-state index in [1.54, 1.807) is 6.20 Å². The molecule has 2 heterocycles. The molecule has 0 aliphatic rings. The highest BCUT2D eigenvalue weighted by molar-refractivity contribution is 5.54. The van der Waals surface area contributed by atoms with Gasteiger partial charge in [-0.2, -0.15) is 15.0 Å². The highest BCUT2D eigenvalue weighted by Crippen LogP contribution is 2.16. The van der Waals surface area contributed by atoms with Gasteiger partial charge in [-0.1, -0.05) is 0 Å². The largest absolute Gasteiger partial charge is 0.467 e. The SMILES string of the molecule is COc1nc(N)nc(-c2ccc(C)nc2)n1. The minimum atomic E-state index is 0.127. The first kappa shape index (κ1) is 10.3. The Morgan fingerprint density at radius 1 is 1.19 bits per heavy atom. The van der Waals surface area contributed by atoms with Gasteiger partial charge in [0.05, 0.1) is 7.11 Å². The Morgan fingerprint density at radius 3 is 2.62 bits per heavy atom. The van der Waals surface area contributed by atoms with Crippen LogP contribution < -0.4 is 10.5 Å². The van der Waals surface area contributed by atoms with Crippen molar-refractivity contribution in [3.05, 3.63) is 24.0 Å². The summed E-state index contributed by atoms with van der Waals surface area (Å²) in [4.78, 5) is 16.1. The van der Waals surface area contributed by atoms with E-state index in [9.17, 15) is 0 Å². The number of anilines is 1. The number of nitrogens with zero attached hydrogens (tertiary/aromatic N) is 4. The Balaban J connectivity index is 2.47. The number of hydrogen-bond donors (Lipinski definition) is 1. The van der Waals surface area contributed by atoms with E-state index in [1.807, 2.05) is 19.1 Å². The van der Waals surface area contributed by atoms with Crippen molar-refractivity contribution in [2.75, 3.05) is 12.8 Å². The van der Waals surface area contributed by atoms with Crippen LogP contribution >= 0.6 is 0 Å². The van der Waals surface area contributed by atoms with Gasteiger partial charge < -0.3 is 10.5 Å². The predicted molar refractivity (Wildman–Crippen MR) is 58.8 cm³/mol. The fourth-order valence-electron chi connectivity index (χ4n) is 1.19. The second-order valence-corrected chi connectivity index (χ2v) is 3.19.